The van der Waals surface area contributed by atoms with Gasteiger partial charge in [0.15, 0.2) is 0 Å². The van der Waals surface area contributed by atoms with Gasteiger partial charge in [0, 0.05) is 7.11 Å². The van der Waals surface area contributed by atoms with E-state index in [1.807, 2.05) is 7.11 Å². The Balaban J connectivity index is 2.32. The molecule has 0 spiro atoms. The lowest BCUT2D eigenvalue weighted by Crippen LogP contribution is -2.34. The molecule has 1 saturated heterocycles. The molecule has 0 aliphatic carbocycles. The molecule has 1 unspecified atom stereocenters. The first-order valence-electron chi connectivity index (χ1n) is 3.65. The smallest absolute Gasteiger partial charge is 0.254 e. The average molecular weight is 145 g/mol. The maximum absolute atomic E-state index is 5.38. The highest BCUT2D eigenvalue weighted by Gasteiger charge is 2.24. The fraction of sp³-hybridized carbons (Fsp3) is 1.00. The van der Waals surface area contributed by atoms with Crippen LogP contribution in [0.2, 0.25) is 6.04 Å². The Bertz CT molecular complexity index is 79.1. The van der Waals surface area contributed by atoms with Crippen molar-refractivity contribution in [1.82, 2.24) is 4.57 Å². The zero-order valence-corrected chi connectivity index (χ0v) is 7.42. The molecule has 0 bridgehead atoms. The molecule has 0 aromatic heterocycles. The molecule has 1 atom stereocenters. The monoisotopic (exact) mass is 145 g/mol. The van der Waals surface area contributed by atoms with E-state index in [0.717, 1.165) is 0 Å². The van der Waals surface area contributed by atoms with Gasteiger partial charge in [-0.3, -0.25) is 0 Å². The molecule has 2 nitrogen and oxygen atoms in total. The van der Waals surface area contributed by atoms with E-state index < -0.39 is 9.20 Å². The van der Waals surface area contributed by atoms with Crippen molar-refractivity contribution in [2.24, 2.45) is 0 Å². The van der Waals surface area contributed by atoms with Crippen molar-refractivity contribution < 1.29 is 4.43 Å². The van der Waals surface area contributed by atoms with Crippen LogP contribution in [0.1, 0.15) is 13.3 Å². The van der Waals surface area contributed by atoms with Crippen LogP contribution in [0.4, 0.5) is 0 Å². The highest BCUT2D eigenvalue weighted by atomic mass is 28.3. The van der Waals surface area contributed by atoms with Crippen LogP contribution in [0.15, 0.2) is 0 Å². The van der Waals surface area contributed by atoms with Crippen LogP contribution in [0, 0.1) is 0 Å². The van der Waals surface area contributed by atoms with Gasteiger partial charge in [0.25, 0.3) is 9.20 Å². The second-order valence-corrected chi connectivity index (χ2v) is 5.15. The minimum atomic E-state index is -0.842. The van der Waals surface area contributed by atoms with Gasteiger partial charge in [-0.1, -0.05) is 6.92 Å². The average Bonchev–Trinajstić information content (AvgIpc) is 2.33. The largest absolute Gasteiger partial charge is 0.409 e. The molecule has 0 radical (unpaired) electrons. The Labute approximate surface area is 58.6 Å². The van der Waals surface area contributed by atoms with Gasteiger partial charge in [0.1, 0.15) is 0 Å². The summed E-state index contributed by atoms with van der Waals surface area (Å²) >= 11 is 0. The van der Waals surface area contributed by atoms with Crippen molar-refractivity contribution in [2.75, 3.05) is 20.2 Å². The summed E-state index contributed by atoms with van der Waals surface area (Å²) in [7, 11) is 1.01. The van der Waals surface area contributed by atoms with Crippen LogP contribution in [-0.2, 0) is 4.43 Å². The van der Waals surface area contributed by atoms with Crippen molar-refractivity contribution in [3.63, 3.8) is 0 Å². The fourth-order valence-electron chi connectivity index (χ4n) is 1.42. The minimum Gasteiger partial charge on any atom is -0.409 e. The lowest BCUT2D eigenvalue weighted by Gasteiger charge is -2.18. The molecule has 1 aliphatic heterocycles. The second-order valence-electron chi connectivity index (χ2n) is 2.46. The Morgan fingerprint density at radius 3 is 2.89 bits per heavy atom. The molecule has 9 heavy (non-hydrogen) atoms. The lowest BCUT2D eigenvalue weighted by molar-refractivity contribution is 0.348. The topological polar surface area (TPSA) is 12.5 Å². The molecule has 0 amide bonds. The van der Waals surface area contributed by atoms with Crippen molar-refractivity contribution in [3.05, 3.63) is 0 Å². The molecule has 1 fully saturated rings. The molecular formula is C6H15NOSi. The third-order valence-corrected chi connectivity index (χ3v) is 4.87. The number of hydrogen-bond acceptors (Lipinski definition) is 2. The van der Waals surface area contributed by atoms with Crippen molar-refractivity contribution in [2.45, 2.75) is 19.4 Å². The number of nitrogens with zero attached hydrogens (tertiary/aromatic N) is 1. The SMILES string of the molecule is CCN1CCC[SiH]1OC. The van der Waals surface area contributed by atoms with Crippen molar-refractivity contribution in [3.8, 4) is 0 Å². The molecule has 0 aromatic rings. The Kier molecular flexibility index (Phi) is 2.69. The van der Waals surface area contributed by atoms with Gasteiger partial charge in [0.05, 0.1) is 0 Å². The Morgan fingerprint density at radius 2 is 2.44 bits per heavy atom. The third-order valence-electron chi connectivity index (χ3n) is 1.98. The number of hydrogen-bond donors (Lipinski definition) is 0. The van der Waals surface area contributed by atoms with Crippen molar-refractivity contribution in [1.29, 1.82) is 0 Å². The van der Waals surface area contributed by atoms with Crippen LogP contribution in [-0.4, -0.2) is 34.0 Å². The van der Waals surface area contributed by atoms with Gasteiger partial charge in [-0.2, -0.15) is 0 Å². The third kappa shape index (κ3) is 1.53. The maximum Gasteiger partial charge on any atom is 0.254 e. The van der Waals surface area contributed by atoms with Gasteiger partial charge in [0.2, 0.25) is 0 Å². The molecule has 3 heteroatoms. The molecule has 0 N–H and O–H groups in total. The molecule has 0 saturated carbocycles. The Morgan fingerprint density at radius 1 is 1.67 bits per heavy atom. The van der Waals surface area contributed by atoms with E-state index in [1.54, 1.807) is 0 Å². The zero-order chi connectivity index (χ0) is 6.69. The molecule has 1 rings (SSSR count). The van der Waals surface area contributed by atoms with E-state index in [-0.39, 0.29) is 0 Å². The minimum absolute atomic E-state index is 0.842. The fourth-order valence-corrected chi connectivity index (χ4v) is 3.73. The van der Waals surface area contributed by atoms with Gasteiger partial charge in [-0.05, 0) is 25.6 Å². The summed E-state index contributed by atoms with van der Waals surface area (Å²) in [5, 5.41) is 0. The van der Waals surface area contributed by atoms with Crippen LogP contribution in [0.25, 0.3) is 0 Å². The van der Waals surface area contributed by atoms with Crippen LogP contribution in [0.3, 0.4) is 0 Å². The summed E-state index contributed by atoms with van der Waals surface area (Å²) in [5.74, 6) is 0. The van der Waals surface area contributed by atoms with Crippen molar-refractivity contribution >= 4 is 9.20 Å². The second kappa shape index (κ2) is 3.34. The van der Waals surface area contributed by atoms with Gasteiger partial charge < -0.3 is 8.99 Å². The van der Waals surface area contributed by atoms with E-state index in [0.29, 0.717) is 0 Å². The normalized spacial score (nSPS) is 29.3. The highest BCUT2D eigenvalue weighted by Crippen LogP contribution is 2.13. The highest BCUT2D eigenvalue weighted by molar-refractivity contribution is 6.49. The zero-order valence-electron chi connectivity index (χ0n) is 6.26. The van der Waals surface area contributed by atoms with Crippen LogP contribution >= 0.6 is 0 Å². The molecule has 1 heterocycles. The first kappa shape index (κ1) is 7.25. The van der Waals surface area contributed by atoms with E-state index in [4.69, 9.17) is 4.43 Å². The standard InChI is InChI=1S/C6H15NOSi/c1-3-7-5-4-6-9(7)8-2/h9H,3-6H2,1-2H3. The molecular weight excluding hydrogens is 130 g/mol. The summed E-state index contributed by atoms with van der Waals surface area (Å²) in [4.78, 5) is 0. The quantitative estimate of drug-likeness (QED) is 0.527. The summed E-state index contributed by atoms with van der Waals surface area (Å²) in [6.07, 6.45) is 1.36. The summed E-state index contributed by atoms with van der Waals surface area (Å²) in [6, 6.07) is 1.35. The van der Waals surface area contributed by atoms with E-state index in [9.17, 15) is 0 Å². The number of rotatable bonds is 2. The predicted molar refractivity (Wildman–Crippen MR) is 40.8 cm³/mol. The predicted octanol–water partition coefficient (Wildman–Crippen LogP) is 0.579. The lowest BCUT2D eigenvalue weighted by atomic mass is 10.5. The van der Waals surface area contributed by atoms with Crippen LogP contribution < -0.4 is 0 Å². The summed E-state index contributed by atoms with van der Waals surface area (Å²) in [6.45, 7) is 4.68. The first-order valence-corrected chi connectivity index (χ1v) is 5.45. The maximum atomic E-state index is 5.38. The van der Waals surface area contributed by atoms with E-state index in [2.05, 4.69) is 11.5 Å². The molecule has 1 aliphatic rings. The van der Waals surface area contributed by atoms with E-state index in [1.165, 1.54) is 25.6 Å². The molecule has 0 aromatic carbocycles. The van der Waals surface area contributed by atoms with Gasteiger partial charge >= 0.3 is 0 Å². The van der Waals surface area contributed by atoms with Crippen LogP contribution in [0.5, 0.6) is 0 Å². The molecule has 54 valence electrons. The van der Waals surface area contributed by atoms with Gasteiger partial charge in [-0.25, -0.2) is 0 Å². The summed E-state index contributed by atoms with van der Waals surface area (Å²) < 4.78 is 7.88. The van der Waals surface area contributed by atoms with Gasteiger partial charge in [-0.15, -0.1) is 0 Å². The Hall–Kier alpha value is 0.137. The summed E-state index contributed by atoms with van der Waals surface area (Å²) in [5.41, 5.74) is 0. The van der Waals surface area contributed by atoms with E-state index >= 15 is 0 Å². The first-order chi connectivity index (χ1) is 4.38.